The molecule has 5 nitrogen and oxygen atoms in total. The number of anilines is 1. The van der Waals surface area contributed by atoms with Gasteiger partial charge >= 0.3 is 0 Å². The second-order valence-corrected chi connectivity index (χ2v) is 9.18. The highest BCUT2D eigenvalue weighted by Crippen LogP contribution is 2.34. The summed E-state index contributed by atoms with van der Waals surface area (Å²) in [4.78, 5) is 3.94. The van der Waals surface area contributed by atoms with E-state index in [4.69, 9.17) is 0 Å². The molecule has 0 radical (unpaired) electrons. The fraction of sp³-hybridized carbons (Fsp3) is 0.261. The van der Waals surface area contributed by atoms with Gasteiger partial charge < -0.3 is 5.32 Å². The van der Waals surface area contributed by atoms with Gasteiger partial charge in [-0.2, -0.15) is 4.39 Å². The summed E-state index contributed by atoms with van der Waals surface area (Å²) in [7, 11) is -3.60. The van der Waals surface area contributed by atoms with E-state index in [-0.39, 0.29) is 10.9 Å². The van der Waals surface area contributed by atoms with E-state index >= 15 is 0 Å². The number of hydrogen-bond acceptors (Lipinski definition) is 4. The fourth-order valence-electron chi connectivity index (χ4n) is 3.71. The monoisotopic (exact) mass is 425 g/mol. The summed E-state index contributed by atoms with van der Waals surface area (Å²) in [5, 5.41) is 3.30. The first-order chi connectivity index (χ1) is 14.4. The average molecular weight is 426 g/mol. The van der Waals surface area contributed by atoms with Crippen LogP contribution in [0.4, 0.5) is 10.1 Å². The normalized spacial score (nSPS) is 15.7. The maximum atomic E-state index is 13.0. The zero-order valence-corrected chi connectivity index (χ0v) is 17.5. The lowest BCUT2D eigenvalue weighted by molar-refractivity contribution is 0.554. The van der Waals surface area contributed by atoms with Crippen molar-refractivity contribution in [2.24, 2.45) is 0 Å². The lowest BCUT2D eigenvalue weighted by atomic mass is 10.1. The SMILES string of the molecule is CCc1ccc(S(=O)(=O)NC2CCc3ccc(NCc4ccc(F)nc4)cc32)cc1. The number of hydrogen-bond donors (Lipinski definition) is 2. The predicted octanol–water partition coefficient (Wildman–Crippen LogP) is 4.36. The van der Waals surface area contributed by atoms with Gasteiger partial charge in [-0.25, -0.2) is 18.1 Å². The molecule has 4 rings (SSSR count). The van der Waals surface area contributed by atoms with Gasteiger partial charge in [0.2, 0.25) is 16.0 Å². The molecule has 0 amide bonds. The summed E-state index contributed by atoms with van der Waals surface area (Å²) in [6.45, 7) is 2.54. The van der Waals surface area contributed by atoms with Gasteiger partial charge in [0.15, 0.2) is 0 Å². The Morgan fingerprint density at radius 2 is 1.83 bits per heavy atom. The molecule has 1 aliphatic carbocycles. The number of nitrogens with one attached hydrogen (secondary N) is 2. The molecule has 0 aliphatic heterocycles. The van der Waals surface area contributed by atoms with Crippen molar-refractivity contribution in [3.63, 3.8) is 0 Å². The van der Waals surface area contributed by atoms with Crippen molar-refractivity contribution in [1.82, 2.24) is 9.71 Å². The molecule has 30 heavy (non-hydrogen) atoms. The number of aromatic nitrogens is 1. The molecule has 1 aromatic heterocycles. The van der Waals surface area contributed by atoms with E-state index in [9.17, 15) is 12.8 Å². The Hall–Kier alpha value is -2.77. The molecule has 7 heteroatoms. The van der Waals surface area contributed by atoms with Crippen LogP contribution in [-0.4, -0.2) is 13.4 Å². The first kappa shape index (κ1) is 20.5. The van der Waals surface area contributed by atoms with Crippen molar-refractivity contribution in [1.29, 1.82) is 0 Å². The molecule has 2 aromatic carbocycles. The van der Waals surface area contributed by atoms with E-state index in [2.05, 4.69) is 15.0 Å². The Morgan fingerprint density at radius 1 is 1.07 bits per heavy atom. The number of fused-ring (bicyclic) bond motifs is 1. The van der Waals surface area contributed by atoms with Crippen LogP contribution >= 0.6 is 0 Å². The van der Waals surface area contributed by atoms with Crippen molar-refractivity contribution in [3.8, 4) is 0 Å². The number of benzene rings is 2. The lowest BCUT2D eigenvalue weighted by Gasteiger charge is -2.16. The molecule has 0 saturated heterocycles. The van der Waals surface area contributed by atoms with Crippen LogP contribution in [-0.2, 0) is 29.4 Å². The van der Waals surface area contributed by atoms with Crippen molar-refractivity contribution in [2.75, 3.05) is 5.32 Å². The van der Waals surface area contributed by atoms with Gasteiger partial charge in [-0.05, 0) is 71.8 Å². The number of nitrogens with zero attached hydrogens (tertiary/aromatic N) is 1. The van der Waals surface area contributed by atoms with Crippen LogP contribution in [0.5, 0.6) is 0 Å². The molecule has 1 atom stereocenters. The van der Waals surface area contributed by atoms with Gasteiger partial charge in [0.1, 0.15) is 0 Å². The average Bonchev–Trinajstić information content (AvgIpc) is 3.15. The summed E-state index contributed by atoms with van der Waals surface area (Å²) >= 11 is 0. The molecule has 3 aromatic rings. The molecular formula is C23H24FN3O2S. The van der Waals surface area contributed by atoms with E-state index in [1.54, 1.807) is 18.2 Å². The highest BCUT2D eigenvalue weighted by atomic mass is 32.2. The summed E-state index contributed by atoms with van der Waals surface area (Å²) in [5.74, 6) is -0.504. The van der Waals surface area contributed by atoms with Gasteiger partial charge in [-0.15, -0.1) is 0 Å². The molecule has 0 saturated carbocycles. The third kappa shape index (κ3) is 4.52. The minimum Gasteiger partial charge on any atom is -0.381 e. The lowest BCUT2D eigenvalue weighted by Crippen LogP contribution is -2.27. The molecule has 0 spiro atoms. The summed E-state index contributed by atoms with van der Waals surface area (Å²) in [6, 6.07) is 15.8. The maximum Gasteiger partial charge on any atom is 0.241 e. The fourth-order valence-corrected chi connectivity index (χ4v) is 4.96. The van der Waals surface area contributed by atoms with Crippen molar-refractivity contribution in [2.45, 2.75) is 43.7 Å². The number of pyridine rings is 1. The Balaban J connectivity index is 1.48. The standard InChI is InChI=1S/C23H24FN3O2S/c1-2-16-3-9-20(10-4-16)30(28,29)27-22-11-7-18-6-8-19(13-21(18)22)25-14-17-5-12-23(24)26-15-17/h3-6,8-10,12-13,15,22,25,27H,2,7,11,14H2,1H3. The van der Waals surface area contributed by atoms with Crippen LogP contribution in [0.1, 0.15) is 41.6 Å². The molecule has 0 fully saturated rings. The summed E-state index contributed by atoms with van der Waals surface area (Å²) in [6.07, 6.45) is 3.93. The third-order valence-electron chi connectivity index (χ3n) is 5.45. The Labute approximate surface area is 176 Å². The molecule has 1 aliphatic rings. The molecule has 1 heterocycles. The minimum absolute atomic E-state index is 0.259. The van der Waals surface area contributed by atoms with Gasteiger partial charge in [-0.3, -0.25) is 0 Å². The van der Waals surface area contributed by atoms with E-state index < -0.39 is 16.0 Å². The van der Waals surface area contributed by atoms with Gasteiger partial charge in [0.25, 0.3) is 0 Å². The Bertz CT molecular complexity index is 1130. The number of sulfonamides is 1. The molecule has 1 unspecified atom stereocenters. The maximum absolute atomic E-state index is 13.0. The van der Waals surface area contributed by atoms with Gasteiger partial charge in [-0.1, -0.05) is 31.2 Å². The Morgan fingerprint density at radius 3 is 2.53 bits per heavy atom. The molecule has 156 valence electrons. The zero-order valence-electron chi connectivity index (χ0n) is 16.7. The van der Waals surface area contributed by atoms with E-state index in [0.717, 1.165) is 47.2 Å². The van der Waals surface area contributed by atoms with Crippen LogP contribution < -0.4 is 10.0 Å². The van der Waals surface area contributed by atoms with E-state index in [1.165, 1.54) is 12.3 Å². The van der Waals surface area contributed by atoms with Crippen LogP contribution in [0.2, 0.25) is 0 Å². The van der Waals surface area contributed by atoms with Gasteiger partial charge in [0, 0.05) is 24.5 Å². The van der Waals surface area contributed by atoms with Gasteiger partial charge in [0.05, 0.1) is 4.90 Å². The van der Waals surface area contributed by atoms with Crippen molar-refractivity contribution < 1.29 is 12.8 Å². The summed E-state index contributed by atoms with van der Waals surface area (Å²) < 4.78 is 41.5. The zero-order chi connectivity index (χ0) is 21.1. The molecular weight excluding hydrogens is 401 g/mol. The van der Waals surface area contributed by atoms with Crippen LogP contribution in [0, 0.1) is 5.95 Å². The first-order valence-electron chi connectivity index (χ1n) is 10.0. The van der Waals surface area contributed by atoms with Crippen LogP contribution in [0.25, 0.3) is 0 Å². The number of aryl methyl sites for hydroxylation is 2. The van der Waals surface area contributed by atoms with Crippen LogP contribution in [0.3, 0.4) is 0 Å². The largest absolute Gasteiger partial charge is 0.381 e. The van der Waals surface area contributed by atoms with Crippen molar-refractivity contribution in [3.05, 3.63) is 89.0 Å². The van der Waals surface area contributed by atoms with E-state index in [1.807, 2.05) is 37.3 Å². The third-order valence-corrected chi connectivity index (χ3v) is 6.94. The quantitative estimate of drug-likeness (QED) is 0.552. The Kier molecular flexibility index (Phi) is 5.83. The molecule has 0 bridgehead atoms. The molecule has 2 N–H and O–H groups in total. The second kappa shape index (κ2) is 8.53. The number of halogens is 1. The summed E-state index contributed by atoms with van der Waals surface area (Å²) in [5.41, 5.74) is 5.00. The second-order valence-electron chi connectivity index (χ2n) is 7.47. The van der Waals surface area contributed by atoms with Crippen molar-refractivity contribution >= 4 is 15.7 Å². The predicted molar refractivity (Wildman–Crippen MR) is 115 cm³/mol. The highest BCUT2D eigenvalue weighted by molar-refractivity contribution is 7.89. The number of rotatable bonds is 7. The minimum atomic E-state index is -3.60. The van der Waals surface area contributed by atoms with E-state index in [0.29, 0.717) is 6.54 Å². The smallest absolute Gasteiger partial charge is 0.241 e. The topological polar surface area (TPSA) is 71.1 Å². The first-order valence-corrected chi connectivity index (χ1v) is 11.5. The highest BCUT2D eigenvalue weighted by Gasteiger charge is 2.27. The van der Waals surface area contributed by atoms with Crippen LogP contribution in [0.15, 0.2) is 65.7 Å².